The Morgan fingerprint density at radius 2 is 1.52 bits per heavy atom. The van der Waals surface area contributed by atoms with Gasteiger partial charge in [-0.05, 0) is 36.6 Å². The SMILES string of the molecule is O=c1[nH]c2ccc(S(=O)(=O)NCC3(c4ccccc4)CCCCC3)cc2[nH]c1=O. The molecule has 8 heteroatoms. The lowest BCUT2D eigenvalue weighted by Crippen LogP contribution is -2.42. The van der Waals surface area contributed by atoms with Crippen molar-refractivity contribution in [1.82, 2.24) is 14.7 Å². The third kappa shape index (κ3) is 3.90. The fraction of sp³-hybridized carbons (Fsp3) is 0.333. The zero-order valence-electron chi connectivity index (χ0n) is 15.9. The highest BCUT2D eigenvalue weighted by Gasteiger charge is 2.35. The first kappa shape index (κ1) is 19.6. The number of H-pyrrole nitrogens is 2. The Kier molecular flexibility index (Phi) is 5.14. The monoisotopic (exact) mass is 413 g/mol. The highest BCUT2D eigenvalue weighted by molar-refractivity contribution is 7.89. The lowest BCUT2D eigenvalue weighted by Gasteiger charge is -2.38. The van der Waals surface area contributed by atoms with E-state index in [1.807, 2.05) is 18.2 Å². The van der Waals surface area contributed by atoms with Crippen LogP contribution in [0.5, 0.6) is 0 Å². The van der Waals surface area contributed by atoms with E-state index in [4.69, 9.17) is 0 Å². The molecule has 1 saturated carbocycles. The summed E-state index contributed by atoms with van der Waals surface area (Å²) in [6.07, 6.45) is 5.18. The molecule has 0 bridgehead atoms. The number of hydrogen-bond donors (Lipinski definition) is 3. The molecule has 3 N–H and O–H groups in total. The van der Waals surface area contributed by atoms with Crippen molar-refractivity contribution in [3.05, 3.63) is 74.8 Å². The van der Waals surface area contributed by atoms with Crippen LogP contribution in [0.1, 0.15) is 37.7 Å². The molecular weight excluding hydrogens is 390 g/mol. The molecule has 0 amide bonds. The third-order valence-electron chi connectivity index (χ3n) is 5.80. The second kappa shape index (κ2) is 7.61. The van der Waals surface area contributed by atoms with Gasteiger partial charge < -0.3 is 9.97 Å². The summed E-state index contributed by atoms with van der Waals surface area (Å²) in [7, 11) is -3.78. The maximum absolute atomic E-state index is 13.0. The minimum atomic E-state index is -3.78. The van der Waals surface area contributed by atoms with Gasteiger partial charge in [-0.2, -0.15) is 0 Å². The minimum Gasteiger partial charge on any atom is -0.316 e. The normalized spacial score (nSPS) is 16.7. The van der Waals surface area contributed by atoms with E-state index >= 15 is 0 Å². The van der Waals surface area contributed by atoms with Gasteiger partial charge in [0.05, 0.1) is 15.9 Å². The zero-order chi connectivity index (χ0) is 20.5. The number of fused-ring (bicyclic) bond motifs is 1. The first-order valence-corrected chi connectivity index (χ1v) is 11.2. The molecule has 1 heterocycles. The van der Waals surface area contributed by atoms with Crippen molar-refractivity contribution in [2.24, 2.45) is 0 Å². The smallest absolute Gasteiger partial charge is 0.314 e. The van der Waals surface area contributed by atoms with Gasteiger partial charge in [-0.3, -0.25) is 9.59 Å². The second-order valence-electron chi connectivity index (χ2n) is 7.65. The van der Waals surface area contributed by atoms with E-state index in [1.54, 1.807) is 0 Å². The molecule has 0 atom stereocenters. The van der Waals surface area contributed by atoms with Crippen LogP contribution in [0.4, 0.5) is 0 Å². The van der Waals surface area contributed by atoms with Gasteiger partial charge >= 0.3 is 11.1 Å². The van der Waals surface area contributed by atoms with Crippen molar-refractivity contribution >= 4 is 21.1 Å². The highest BCUT2D eigenvalue weighted by Crippen LogP contribution is 2.39. The van der Waals surface area contributed by atoms with Crippen LogP contribution in [0, 0.1) is 0 Å². The summed E-state index contributed by atoms with van der Waals surface area (Å²) in [5.74, 6) is 0. The summed E-state index contributed by atoms with van der Waals surface area (Å²) in [6.45, 7) is 0.319. The molecule has 0 saturated heterocycles. The molecule has 0 spiro atoms. The van der Waals surface area contributed by atoms with E-state index in [9.17, 15) is 18.0 Å². The summed E-state index contributed by atoms with van der Waals surface area (Å²) in [5.41, 5.74) is -0.000847. The van der Waals surface area contributed by atoms with E-state index < -0.39 is 21.1 Å². The number of sulfonamides is 1. The van der Waals surface area contributed by atoms with Gasteiger partial charge in [-0.15, -0.1) is 0 Å². The summed E-state index contributed by atoms with van der Waals surface area (Å²) >= 11 is 0. The van der Waals surface area contributed by atoms with Crippen molar-refractivity contribution in [3.63, 3.8) is 0 Å². The number of aromatic nitrogens is 2. The maximum Gasteiger partial charge on any atom is 0.314 e. The third-order valence-corrected chi connectivity index (χ3v) is 7.20. The Bertz CT molecular complexity index is 1240. The van der Waals surface area contributed by atoms with Crippen molar-refractivity contribution in [3.8, 4) is 0 Å². The van der Waals surface area contributed by atoms with E-state index in [-0.39, 0.29) is 15.8 Å². The van der Waals surface area contributed by atoms with Crippen LogP contribution in [0.15, 0.2) is 63.0 Å². The Morgan fingerprint density at radius 1 is 0.862 bits per heavy atom. The molecular formula is C21H23N3O4S. The van der Waals surface area contributed by atoms with Crippen LogP contribution in [0.2, 0.25) is 0 Å². The molecule has 0 aliphatic heterocycles. The molecule has 29 heavy (non-hydrogen) atoms. The van der Waals surface area contributed by atoms with Crippen molar-refractivity contribution in [2.75, 3.05) is 6.54 Å². The van der Waals surface area contributed by atoms with Crippen LogP contribution >= 0.6 is 0 Å². The van der Waals surface area contributed by atoms with Crippen LogP contribution in [-0.2, 0) is 15.4 Å². The van der Waals surface area contributed by atoms with E-state index in [0.717, 1.165) is 37.7 Å². The van der Waals surface area contributed by atoms with E-state index in [1.165, 1.54) is 18.2 Å². The predicted octanol–water partition coefficient (Wildman–Crippen LogP) is 2.40. The van der Waals surface area contributed by atoms with Gasteiger partial charge in [0.25, 0.3) is 0 Å². The first-order valence-electron chi connectivity index (χ1n) is 9.71. The number of hydrogen-bond acceptors (Lipinski definition) is 4. The number of benzene rings is 2. The lowest BCUT2D eigenvalue weighted by molar-refractivity contribution is 0.293. The van der Waals surface area contributed by atoms with Crippen molar-refractivity contribution in [2.45, 2.75) is 42.4 Å². The predicted molar refractivity (Wildman–Crippen MR) is 112 cm³/mol. The van der Waals surface area contributed by atoms with Gasteiger partial charge in [0.2, 0.25) is 10.0 Å². The van der Waals surface area contributed by atoms with Crippen LogP contribution in [-0.4, -0.2) is 24.9 Å². The van der Waals surface area contributed by atoms with E-state index in [0.29, 0.717) is 12.1 Å². The van der Waals surface area contributed by atoms with Crippen LogP contribution < -0.4 is 15.8 Å². The molecule has 1 aliphatic rings. The first-order chi connectivity index (χ1) is 13.9. The molecule has 1 fully saturated rings. The molecule has 1 aromatic heterocycles. The quantitative estimate of drug-likeness (QED) is 0.558. The minimum absolute atomic E-state index is 0.0479. The largest absolute Gasteiger partial charge is 0.316 e. The Balaban J connectivity index is 1.64. The summed E-state index contributed by atoms with van der Waals surface area (Å²) in [4.78, 5) is 27.9. The zero-order valence-corrected chi connectivity index (χ0v) is 16.7. The van der Waals surface area contributed by atoms with Gasteiger partial charge in [0.15, 0.2) is 0 Å². The Morgan fingerprint density at radius 3 is 2.21 bits per heavy atom. The van der Waals surface area contributed by atoms with Crippen LogP contribution in [0.25, 0.3) is 11.0 Å². The van der Waals surface area contributed by atoms with Gasteiger partial charge in [0, 0.05) is 12.0 Å². The standard InChI is InChI=1S/C21H23N3O4S/c25-19-20(26)24-18-13-16(9-10-17(18)23-19)29(27,28)22-14-21(11-5-2-6-12-21)15-7-3-1-4-8-15/h1,3-4,7-10,13,22H,2,5-6,11-12,14H2,(H,23,25)(H,24,26). The number of aromatic amines is 2. The summed E-state index contributed by atoms with van der Waals surface area (Å²) < 4.78 is 28.7. The fourth-order valence-corrected chi connectivity index (χ4v) is 5.32. The Labute approximate surface area is 168 Å². The molecule has 152 valence electrons. The van der Waals surface area contributed by atoms with Gasteiger partial charge in [0.1, 0.15) is 0 Å². The summed E-state index contributed by atoms with van der Waals surface area (Å²) in [5, 5.41) is 0. The highest BCUT2D eigenvalue weighted by atomic mass is 32.2. The van der Waals surface area contributed by atoms with Crippen molar-refractivity contribution < 1.29 is 8.42 Å². The van der Waals surface area contributed by atoms with Crippen molar-refractivity contribution in [1.29, 1.82) is 0 Å². The molecule has 1 aliphatic carbocycles. The summed E-state index contributed by atoms with van der Waals surface area (Å²) in [6, 6.07) is 14.3. The molecule has 3 aromatic rings. The maximum atomic E-state index is 13.0. The fourth-order valence-electron chi connectivity index (χ4n) is 4.17. The van der Waals surface area contributed by atoms with E-state index in [2.05, 4.69) is 26.8 Å². The molecule has 0 unspecified atom stereocenters. The van der Waals surface area contributed by atoms with Crippen LogP contribution in [0.3, 0.4) is 0 Å². The van der Waals surface area contributed by atoms with Gasteiger partial charge in [-0.1, -0.05) is 49.6 Å². The second-order valence-corrected chi connectivity index (χ2v) is 9.41. The molecule has 2 aromatic carbocycles. The van der Waals surface area contributed by atoms with Gasteiger partial charge in [-0.25, -0.2) is 13.1 Å². The average molecular weight is 413 g/mol. The molecule has 4 rings (SSSR count). The molecule has 0 radical (unpaired) electrons. The lowest BCUT2D eigenvalue weighted by atomic mass is 9.69. The average Bonchev–Trinajstić information content (AvgIpc) is 2.74. The molecule has 7 nitrogen and oxygen atoms in total. The topological polar surface area (TPSA) is 112 Å². The Hall–Kier alpha value is -2.71. The number of rotatable bonds is 5. The number of nitrogens with one attached hydrogen (secondary N) is 3.